The lowest BCUT2D eigenvalue weighted by Gasteiger charge is -2.31. The second-order valence-electron chi connectivity index (χ2n) is 5.03. The van der Waals surface area contributed by atoms with Crippen molar-refractivity contribution >= 4 is 11.6 Å². The number of carbonyl (C=O) groups excluding carboxylic acids is 1. The quantitative estimate of drug-likeness (QED) is 0.884. The molecule has 1 heterocycles. The molecular weight excluding hydrogens is 224 g/mol. The Bertz CT molecular complexity index is 417. The number of aryl methyl sites for hydroxylation is 1. The third kappa shape index (κ3) is 3.03. The van der Waals surface area contributed by atoms with Crippen LogP contribution in [0.2, 0.25) is 0 Å². The van der Waals surface area contributed by atoms with E-state index in [0.29, 0.717) is 6.54 Å². The summed E-state index contributed by atoms with van der Waals surface area (Å²) in [6, 6.07) is 8.65. The van der Waals surface area contributed by atoms with Gasteiger partial charge in [0.15, 0.2) is 0 Å². The van der Waals surface area contributed by atoms with Crippen LogP contribution in [0, 0.1) is 0 Å². The van der Waals surface area contributed by atoms with Crippen LogP contribution in [0.25, 0.3) is 0 Å². The van der Waals surface area contributed by atoms with E-state index in [1.54, 1.807) is 0 Å². The van der Waals surface area contributed by atoms with Crippen LogP contribution in [0.15, 0.2) is 24.3 Å². The fourth-order valence-corrected chi connectivity index (χ4v) is 2.37. The van der Waals surface area contributed by atoms with Crippen LogP contribution in [-0.4, -0.2) is 25.0 Å². The van der Waals surface area contributed by atoms with Crippen LogP contribution >= 0.6 is 0 Å². The van der Waals surface area contributed by atoms with Crippen LogP contribution in [0.1, 0.15) is 32.3 Å². The highest BCUT2D eigenvalue weighted by atomic mass is 16.2. The van der Waals surface area contributed by atoms with Gasteiger partial charge in [0.25, 0.3) is 0 Å². The molecule has 1 aromatic rings. The Balaban J connectivity index is 2.01. The van der Waals surface area contributed by atoms with Crippen molar-refractivity contribution in [3.05, 3.63) is 29.8 Å². The summed E-state index contributed by atoms with van der Waals surface area (Å²) in [5.74, 6) is 0.126. The molecule has 1 unspecified atom stereocenters. The number of rotatable bonds is 4. The van der Waals surface area contributed by atoms with Crippen LogP contribution in [0.3, 0.4) is 0 Å². The summed E-state index contributed by atoms with van der Waals surface area (Å²) < 4.78 is 0. The molecule has 1 aliphatic heterocycles. The molecule has 1 aliphatic rings. The molecule has 0 bridgehead atoms. The molecule has 0 saturated carbocycles. The summed E-state index contributed by atoms with van der Waals surface area (Å²) in [5, 5.41) is 3.03. The van der Waals surface area contributed by atoms with Crippen molar-refractivity contribution < 1.29 is 4.79 Å². The van der Waals surface area contributed by atoms with Crippen LogP contribution < -0.4 is 10.2 Å². The first-order valence-electron chi connectivity index (χ1n) is 6.83. The minimum atomic E-state index is 0.126. The van der Waals surface area contributed by atoms with Crippen molar-refractivity contribution in [1.82, 2.24) is 5.32 Å². The van der Waals surface area contributed by atoms with E-state index in [4.69, 9.17) is 0 Å². The molecule has 18 heavy (non-hydrogen) atoms. The molecule has 3 nitrogen and oxygen atoms in total. The summed E-state index contributed by atoms with van der Waals surface area (Å²) in [4.78, 5) is 14.1. The van der Waals surface area contributed by atoms with Crippen molar-refractivity contribution in [3.8, 4) is 0 Å². The molecule has 1 atom stereocenters. The number of amides is 1. The maximum atomic E-state index is 11.9. The average Bonchev–Trinajstić information content (AvgIpc) is 2.39. The van der Waals surface area contributed by atoms with Gasteiger partial charge in [-0.1, -0.05) is 25.1 Å². The van der Waals surface area contributed by atoms with Crippen LogP contribution in [0.5, 0.6) is 0 Å². The van der Waals surface area contributed by atoms with E-state index < -0.39 is 0 Å². The second kappa shape index (κ2) is 5.89. The minimum Gasteiger partial charge on any atom is -0.362 e. The SMILES string of the molecule is CCC(C)NC(=O)CN1CCCc2ccccc21. The van der Waals surface area contributed by atoms with E-state index in [0.717, 1.165) is 25.8 Å². The number of nitrogens with zero attached hydrogens (tertiary/aromatic N) is 1. The van der Waals surface area contributed by atoms with E-state index in [-0.39, 0.29) is 11.9 Å². The number of fused-ring (bicyclic) bond motifs is 1. The predicted molar refractivity (Wildman–Crippen MR) is 74.9 cm³/mol. The second-order valence-corrected chi connectivity index (χ2v) is 5.03. The largest absolute Gasteiger partial charge is 0.362 e. The Hall–Kier alpha value is -1.51. The van der Waals surface area contributed by atoms with Gasteiger partial charge < -0.3 is 10.2 Å². The molecule has 0 spiro atoms. The number of para-hydroxylation sites is 1. The van der Waals surface area contributed by atoms with Crippen molar-refractivity contribution in [2.24, 2.45) is 0 Å². The number of benzene rings is 1. The highest BCUT2D eigenvalue weighted by Crippen LogP contribution is 2.26. The molecule has 0 radical (unpaired) electrons. The molecule has 2 rings (SSSR count). The molecular formula is C15H22N2O. The molecule has 1 aromatic carbocycles. The van der Waals surface area contributed by atoms with Gasteiger partial charge in [0, 0.05) is 18.3 Å². The van der Waals surface area contributed by atoms with Gasteiger partial charge in [0.1, 0.15) is 0 Å². The van der Waals surface area contributed by atoms with Gasteiger partial charge in [0.05, 0.1) is 6.54 Å². The summed E-state index contributed by atoms with van der Waals surface area (Å²) >= 11 is 0. The number of hydrogen-bond donors (Lipinski definition) is 1. The van der Waals surface area contributed by atoms with Crippen molar-refractivity contribution in [3.63, 3.8) is 0 Å². The average molecular weight is 246 g/mol. The van der Waals surface area contributed by atoms with Gasteiger partial charge in [0.2, 0.25) is 5.91 Å². The zero-order valence-electron chi connectivity index (χ0n) is 11.3. The van der Waals surface area contributed by atoms with Gasteiger partial charge >= 0.3 is 0 Å². The molecule has 1 N–H and O–H groups in total. The van der Waals surface area contributed by atoms with E-state index in [1.807, 2.05) is 13.0 Å². The Morgan fingerprint density at radius 1 is 1.44 bits per heavy atom. The highest BCUT2D eigenvalue weighted by Gasteiger charge is 2.18. The molecule has 0 aliphatic carbocycles. The summed E-state index contributed by atoms with van der Waals surface area (Å²) in [6.07, 6.45) is 3.23. The summed E-state index contributed by atoms with van der Waals surface area (Å²) in [6.45, 7) is 5.58. The van der Waals surface area contributed by atoms with E-state index in [9.17, 15) is 4.79 Å². The van der Waals surface area contributed by atoms with E-state index >= 15 is 0 Å². The number of carbonyl (C=O) groups is 1. The fourth-order valence-electron chi connectivity index (χ4n) is 2.37. The molecule has 0 saturated heterocycles. The monoisotopic (exact) mass is 246 g/mol. The smallest absolute Gasteiger partial charge is 0.239 e. The minimum absolute atomic E-state index is 0.126. The predicted octanol–water partition coefficient (Wildman–Crippen LogP) is 2.35. The topological polar surface area (TPSA) is 32.3 Å². The van der Waals surface area contributed by atoms with Gasteiger partial charge in [-0.3, -0.25) is 4.79 Å². The van der Waals surface area contributed by atoms with Crippen LogP contribution in [-0.2, 0) is 11.2 Å². The Labute approximate surface area is 109 Å². The normalized spacial score (nSPS) is 16.0. The van der Waals surface area contributed by atoms with Gasteiger partial charge in [-0.2, -0.15) is 0 Å². The van der Waals surface area contributed by atoms with Crippen molar-refractivity contribution in [2.75, 3.05) is 18.0 Å². The molecule has 0 aromatic heterocycles. The van der Waals surface area contributed by atoms with Crippen molar-refractivity contribution in [2.45, 2.75) is 39.2 Å². The van der Waals surface area contributed by atoms with Gasteiger partial charge in [-0.05, 0) is 37.8 Å². The molecule has 1 amide bonds. The first kappa shape index (κ1) is 12.9. The Morgan fingerprint density at radius 2 is 2.22 bits per heavy atom. The Morgan fingerprint density at radius 3 is 3.00 bits per heavy atom. The Kier molecular flexibility index (Phi) is 4.24. The number of anilines is 1. The zero-order valence-corrected chi connectivity index (χ0v) is 11.3. The number of hydrogen-bond acceptors (Lipinski definition) is 2. The third-order valence-corrected chi connectivity index (χ3v) is 3.56. The van der Waals surface area contributed by atoms with Crippen molar-refractivity contribution in [1.29, 1.82) is 0 Å². The zero-order chi connectivity index (χ0) is 13.0. The third-order valence-electron chi connectivity index (χ3n) is 3.56. The fraction of sp³-hybridized carbons (Fsp3) is 0.533. The lowest BCUT2D eigenvalue weighted by Crippen LogP contribution is -2.42. The molecule has 98 valence electrons. The van der Waals surface area contributed by atoms with E-state index in [2.05, 4.69) is 35.3 Å². The van der Waals surface area contributed by atoms with E-state index in [1.165, 1.54) is 11.3 Å². The highest BCUT2D eigenvalue weighted by molar-refractivity contribution is 5.82. The molecule has 3 heteroatoms. The maximum absolute atomic E-state index is 11.9. The first-order chi connectivity index (χ1) is 8.70. The molecule has 0 fully saturated rings. The summed E-state index contributed by atoms with van der Waals surface area (Å²) in [7, 11) is 0. The first-order valence-corrected chi connectivity index (χ1v) is 6.83. The lowest BCUT2D eigenvalue weighted by atomic mass is 10.0. The van der Waals surface area contributed by atoms with Crippen LogP contribution in [0.4, 0.5) is 5.69 Å². The van der Waals surface area contributed by atoms with Gasteiger partial charge in [-0.15, -0.1) is 0 Å². The standard InChI is InChI=1S/C15H22N2O/c1-3-12(2)16-15(18)11-17-10-6-8-13-7-4-5-9-14(13)17/h4-5,7,9,12H,3,6,8,10-11H2,1-2H3,(H,16,18). The summed E-state index contributed by atoms with van der Waals surface area (Å²) in [5.41, 5.74) is 2.59. The number of nitrogens with one attached hydrogen (secondary N) is 1. The lowest BCUT2D eigenvalue weighted by molar-refractivity contribution is -0.120. The van der Waals surface area contributed by atoms with Gasteiger partial charge in [-0.25, -0.2) is 0 Å². The maximum Gasteiger partial charge on any atom is 0.239 e.